The highest BCUT2D eigenvalue weighted by molar-refractivity contribution is 7.91. The summed E-state index contributed by atoms with van der Waals surface area (Å²) in [4.78, 5) is 2.64. The van der Waals surface area contributed by atoms with Crippen LogP contribution in [0.25, 0.3) is 6.08 Å². The summed E-state index contributed by atoms with van der Waals surface area (Å²) in [6, 6.07) is 3.43. The van der Waals surface area contributed by atoms with Gasteiger partial charge in [0.05, 0.1) is 13.3 Å². The summed E-state index contributed by atoms with van der Waals surface area (Å²) in [5.41, 5.74) is 1.02. The molecule has 1 heterocycles. The Morgan fingerprint density at radius 3 is 2.68 bits per heavy atom. The molecular formula is C15H24N2O3S2. The van der Waals surface area contributed by atoms with Crippen molar-refractivity contribution in [3.8, 4) is 0 Å². The van der Waals surface area contributed by atoms with Crippen LogP contribution in [-0.4, -0.2) is 45.8 Å². The van der Waals surface area contributed by atoms with Gasteiger partial charge in [0.1, 0.15) is 4.21 Å². The second-order valence-corrected chi connectivity index (χ2v) is 9.01. The average molecular weight is 345 g/mol. The molecule has 0 atom stereocenters. The molecule has 0 bridgehead atoms. The predicted molar refractivity (Wildman–Crippen MR) is 90.2 cm³/mol. The highest BCUT2D eigenvalue weighted by Gasteiger charge is 2.20. The van der Waals surface area contributed by atoms with Crippen molar-refractivity contribution < 1.29 is 13.5 Å². The number of sulfonamides is 1. The molecular weight excluding hydrogens is 320 g/mol. The van der Waals surface area contributed by atoms with Crippen molar-refractivity contribution >= 4 is 27.4 Å². The molecule has 0 unspecified atom stereocenters. The fourth-order valence-corrected chi connectivity index (χ4v) is 5.05. The molecule has 0 saturated heterocycles. The molecule has 1 aromatic heterocycles. The fraction of sp³-hybridized carbons (Fsp3) is 0.600. The van der Waals surface area contributed by atoms with Crippen molar-refractivity contribution in [2.24, 2.45) is 5.92 Å². The number of thiophene rings is 1. The number of aliphatic hydroxyl groups is 1. The van der Waals surface area contributed by atoms with Gasteiger partial charge in [0.15, 0.2) is 0 Å². The van der Waals surface area contributed by atoms with Gasteiger partial charge < -0.3 is 5.11 Å². The Morgan fingerprint density at radius 1 is 1.41 bits per heavy atom. The number of aliphatic hydroxyl groups excluding tert-OH is 1. The second kappa shape index (κ2) is 7.70. The number of nitrogens with zero attached hydrogens (tertiary/aromatic N) is 1. The normalized spacial score (nSPS) is 17.5. The quantitative estimate of drug-likeness (QED) is 0.743. The van der Waals surface area contributed by atoms with Gasteiger partial charge in [-0.25, -0.2) is 8.42 Å². The maximum absolute atomic E-state index is 12.2. The van der Waals surface area contributed by atoms with E-state index >= 15 is 0 Å². The number of hydrogen-bond donors (Lipinski definition) is 2. The Kier molecular flexibility index (Phi) is 6.17. The zero-order valence-corrected chi connectivity index (χ0v) is 14.7. The highest BCUT2D eigenvalue weighted by Crippen LogP contribution is 2.33. The molecule has 0 radical (unpaired) electrons. The standard InChI is InChI=1S/C15H24N2O3S2/c1-17(2)11-16-22(19,20)15-8-7-14(21-15)9-13(10-18)12-5-3-4-6-12/h7-9,12,16,18H,3-6,10-11H2,1-2H3/b13-9+. The van der Waals surface area contributed by atoms with Gasteiger partial charge in [-0.2, -0.15) is 4.72 Å². The van der Waals surface area contributed by atoms with Gasteiger partial charge in [0.25, 0.3) is 10.0 Å². The minimum absolute atomic E-state index is 0.0452. The summed E-state index contributed by atoms with van der Waals surface area (Å²) >= 11 is 1.24. The predicted octanol–water partition coefficient (Wildman–Crippen LogP) is 2.11. The van der Waals surface area contributed by atoms with Crippen LogP contribution < -0.4 is 4.72 Å². The van der Waals surface area contributed by atoms with Crippen molar-refractivity contribution in [3.63, 3.8) is 0 Å². The molecule has 1 aliphatic carbocycles. The van der Waals surface area contributed by atoms with Crippen LogP contribution in [-0.2, 0) is 10.0 Å². The lowest BCUT2D eigenvalue weighted by molar-refractivity contribution is 0.315. The molecule has 5 nitrogen and oxygen atoms in total. The van der Waals surface area contributed by atoms with E-state index in [-0.39, 0.29) is 13.3 Å². The van der Waals surface area contributed by atoms with Crippen molar-refractivity contribution in [1.82, 2.24) is 9.62 Å². The molecule has 22 heavy (non-hydrogen) atoms. The van der Waals surface area contributed by atoms with Crippen LogP contribution in [0.2, 0.25) is 0 Å². The van der Waals surface area contributed by atoms with Crippen LogP contribution in [0.3, 0.4) is 0 Å². The van der Waals surface area contributed by atoms with Crippen LogP contribution >= 0.6 is 11.3 Å². The number of hydrogen-bond acceptors (Lipinski definition) is 5. The minimum Gasteiger partial charge on any atom is -0.392 e. The Bertz CT molecular complexity index is 614. The zero-order valence-electron chi connectivity index (χ0n) is 13.1. The summed E-state index contributed by atoms with van der Waals surface area (Å²) in [5.74, 6) is 0.444. The van der Waals surface area contributed by atoms with E-state index in [2.05, 4.69) is 4.72 Å². The van der Waals surface area contributed by atoms with Gasteiger partial charge in [-0.05, 0) is 56.6 Å². The molecule has 0 aliphatic heterocycles. The molecule has 1 fully saturated rings. The third-order valence-electron chi connectivity index (χ3n) is 3.83. The molecule has 1 saturated carbocycles. The van der Waals surface area contributed by atoms with Crippen LogP contribution in [0.5, 0.6) is 0 Å². The zero-order chi connectivity index (χ0) is 16.2. The first-order chi connectivity index (χ1) is 10.4. The number of nitrogens with one attached hydrogen (secondary N) is 1. The second-order valence-electron chi connectivity index (χ2n) is 5.90. The monoisotopic (exact) mass is 344 g/mol. The summed E-state index contributed by atoms with van der Waals surface area (Å²) in [7, 11) is 0.151. The van der Waals surface area contributed by atoms with Crippen molar-refractivity contribution in [2.45, 2.75) is 29.9 Å². The lowest BCUT2D eigenvalue weighted by atomic mass is 9.97. The van der Waals surface area contributed by atoms with Gasteiger partial charge in [0, 0.05) is 4.88 Å². The maximum Gasteiger partial charge on any atom is 0.251 e. The van der Waals surface area contributed by atoms with Gasteiger partial charge >= 0.3 is 0 Å². The van der Waals surface area contributed by atoms with E-state index in [1.165, 1.54) is 24.2 Å². The van der Waals surface area contributed by atoms with E-state index in [4.69, 9.17) is 0 Å². The van der Waals surface area contributed by atoms with E-state index in [9.17, 15) is 13.5 Å². The highest BCUT2D eigenvalue weighted by atomic mass is 32.2. The van der Waals surface area contributed by atoms with Crippen LogP contribution in [0.1, 0.15) is 30.6 Å². The first kappa shape index (κ1) is 17.6. The topological polar surface area (TPSA) is 69.6 Å². The van der Waals surface area contributed by atoms with Gasteiger partial charge in [-0.1, -0.05) is 12.8 Å². The number of rotatable bonds is 7. The van der Waals surface area contributed by atoms with E-state index in [1.54, 1.807) is 31.1 Å². The summed E-state index contributed by atoms with van der Waals surface area (Å²) in [5, 5.41) is 9.56. The minimum atomic E-state index is -3.46. The van der Waals surface area contributed by atoms with Crippen molar-refractivity contribution in [3.05, 3.63) is 22.6 Å². The average Bonchev–Trinajstić information content (AvgIpc) is 3.14. The summed E-state index contributed by atoms with van der Waals surface area (Å²) in [6.45, 7) is 0.318. The molecule has 1 aromatic rings. The summed E-state index contributed by atoms with van der Waals surface area (Å²) < 4.78 is 27.2. The molecule has 124 valence electrons. The van der Waals surface area contributed by atoms with E-state index in [1.807, 2.05) is 6.08 Å². The molecule has 7 heteroatoms. The largest absolute Gasteiger partial charge is 0.392 e. The third-order valence-corrected chi connectivity index (χ3v) is 6.74. The van der Waals surface area contributed by atoms with Gasteiger partial charge in [-0.3, -0.25) is 4.90 Å². The smallest absolute Gasteiger partial charge is 0.251 e. The van der Waals surface area contributed by atoms with E-state index in [0.29, 0.717) is 10.1 Å². The third kappa shape index (κ3) is 4.63. The molecule has 0 amide bonds. The van der Waals surface area contributed by atoms with Crippen molar-refractivity contribution in [1.29, 1.82) is 0 Å². The molecule has 0 spiro atoms. The first-order valence-electron chi connectivity index (χ1n) is 7.48. The fourth-order valence-electron chi connectivity index (χ4n) is 2.61. The molecule has 0 aromatic carbocycles. The first-order valence-corrected chi connectivity index (χ1v) is 9.78. The van der Waals surface area contributed by atoms with Crippen LogP contribution in [0.4, 0.5) is 0 Å². The SMILES string of the molecule is CN(C)CNS(=O)(=O)c1ccc(/C=C(\CO)C2CCCC2)s1. The Balaban J connectivity index is 2.13. The van der Waals surface area contributed by atoms with E-state index < -0.39 is 10.0 Å². The molecule has 2 rings (SSSR count). The lowest BCUT2D eigenvalue weighted by Crippen LogP contribution is -2.32. The Hall–Kier alpha value is -0.730. The van der Waals surface area contributed by atoms with Crippen molar-refractivity contribution in [2.75, 3.05) is 27.4 Å². The molecule has 1 aliphatic rings. The van der Waals surface area contributed by atoms with Gasteiger partial charge in [0.2, 0.25) is 0 Å². The van der Waals surface area contributed by atoms with Crippen LogP contribution in [0, 0.1) is 5.92 Å². The summed E-state index contributed by atoms with van der Waals surface area (Å²) in [6.07, 6.45) is 6.60. The Morgan fingerprint density at radius 2 is 2.09 bits per heavy atom. The maximum atomic E-state index is 12.2. The van der Waals surface area contributed by atoms with Gasteiger partial charge in [-0.15, -0.1) is 11.3 Å². The van der Waals surface area contributed by atoms with Crippen LogP contribution in [0.15, 0.2) is 21.9 Å². The lowest BCUT2D eigenvalue weighted by Gasteiger charge is -2.11. The molecule has 2 N–H and O–H groups in total. The Labute approximate surface area is 136 Å². The van der Waals surface area contributed by atoms with E-state index in [0.717, 1.165) is 23.3 Å².